The lowest BCUT2D eigenvalue weighted by Crippen LogP contribution is -2.46. The first kappa shape index (κ1) is 38.7. The van der Waals surface area contributed by atoms with Crippen LogP contribution in [0, 0.1) is 0 Å². The molecule has 9 nitrogen and oxygen atoms in total. The van der Waals surface area contributed by atoms with Crippen LogP contribution in [0.4, 0.5) is 0 Å². The van der Waals surface area contributed by atoms with Crippen LogP contribution < -0.4 is 20.7 Å². The van der Waals surface area contributed by atoms with Crippen LogP contribution in [-0.2, 0) is 19.5 Å². The molecule has 0 spiro atoms. The van der Waals surface area contributed by atoms with Gasteiger partial charge in [-0.2, -0.15) is 0 Å². The lowest BCUT2D eigenvalue weighted by Gasteiger charge is -2.39. The number of nitrogens with zero attached hydrogens (tertiary/aromatic N) is 1. The van der Waals surface area contributed by atoms with E-state index in [1.807, 2.05) is 103 Å². The average Bonchev–Trinajstić information content (AvgIpc) is 3.56. The third kappa shape index (κ3) is 8.22. The minimum absolute atomic E-state index is 0.100. The summed E-state index contributed by atoms with van der Waals surface area (Å²) in [6, 6.07) is 35.5. The smallest absolute Gasteiger partial charge is 0.330 e. The van der Waals surface area contributed by atoms with E-state index in [9.17, 15) is 9.59 Å². The largest absolute Gasteiger partial charge is 0.497 e. The number of hydrogen-bond acceptors (Lipinski definition) is 7. The Morgan fingerprint density at radius 3 is 1.85 bits per heavy atom. The predicted octanol–water partition coefficient (Wildman–Crippen LogP) is 8.41. The summed E-state index contributed by atoms with van der Waals surface area (Å²) in [5, 5.41) is -0.100. The first-order valence-electron chi connectivity index (χ1n) is 18.2. The van der Waals surface area contributed by atoms with Gasteiger partial charge < -0.3 is 23.4 Å². The van der Waals surface area contributed by atoms with Crippen LogP contribution in [0.5, 0.6) is 11.5 Å². The zero-order valence-corrected chi connectivity index (χ0v) is 33.1. The molecule has 0 radical (unpaired) electrons. The van der Waals surface area contributed by atoms with E-state index < -0.39 is 43.6 Å². The highest BCUT2D eigenvalue weighted by Crippen LogP contribution is 2.44. The lowest BCUT2D eigenvalue weighted by atomic mass is 9.80. The summed E-state index contributed by atoms with van der Waals surface area (Å²) in [5.41, 5.74) is 1.88. The molecule has 5 aromatic rings. The van der Waals surface area contributed by atoms with E-state index >= 15 is 0 Å². The molecular formula is C44H50N2O7Si. The van der Waals surface area contributed by atoms with E-state index in [0.717, 1.165) is 33.8 Å². The number of hydrogen-bond donors (Lipinski definition) is 1. The number of benzene rings is 4. The second-order valence-electron chi connectivity index (χ2n) is 15.1. The summed E-state index contributed by atoms with van der Waals surface area (Å²) in [5.74, 6) is 1.46. The van der Waals surface area contributed by atoms with Crippen LogP contribution in [0.2, 0.25) is 18.1 Å². The van der Waals surface area contributed by atoms with E-state index in [1.54, 1.807) is 26.5 Å². The number of aromatic nitrogens is 2. The Balaban J connectivity index is 1.40. The molecule has 0 saturated carbocycles. The van der Waals surface area contributed by atoms with Gasteiger partial charge in [-0.3, -0.25) is 14.3 Å². The van der Waals surface area contributed by atoms with Crippen molar-refractivity contribution in [2.24, 2.45) is 0 Å². The molecule has 1 fully saturated rings. The topological polar surface area (TPSA) is 101 Å². The fraction of sp³-hybridized carbons (Fsp3) is 0.318. The van der Waals surface area contributed by atoms with Gasteiger partial charge in [0.05, 0.1) is 38.6 Å². The maximum Gasteiger partial charge on any atom is 0.330 e. The highest BCUT2D eigenvalue weighted by molar-refractivity contribution is 6.74. The molecule has 282 valence electrons. The fourth-order valence-electron chi connectivity index (χ4n) is 6.58. The third-order valence-electron chi connectivity index (χ3n) is 10.6. The summed E-state index contributed by atoms with van der Waals surface area (Å²) in [7, 11) is 0.932. The van der Waals surface area contributed by atoms with Gasteiger partial charge in [0.25, 0.3) is 5.56 Å². The van der Waals surface area contributed by atoms with Gasteiger partial charge in [-0.05, 0) is 70.7 Å². The highest BCUT2D eigenvalue weighted by Gasteiger charge is 2.47. The van der Waals surface area contributed by atoms with Crippen molar-refractivity contribution >= 4 is 20.5 Å². The second kappa shape index (κ2) is 16.2. The molecular weight excluding hydrogens is 697 g/mol. The van der Waals surface area contributed by atoms with Crippen molar-refractivity contribution in [1.82, 2.24) is 9.55 Å². The van der Waals surface area contributed by atoms with Gasteiger partial charge >= 0.3 is 5.69 Å². The van der Waals surface area contributed by atoms with Gasteiger partial charge in [-0.25, -0.2) is 4.79 Å². The van der Waals surface area contributed by atoms with Crippen molar-refractivity contribution < 1.29 is 23.4 Å². The van der Waals surface area contributed by atoms with Gasteiger partial charge in [0.15, 0.2) is 14.5 Å². The second-order valence-corrected chi connectivity index (χ2v) is 19.9. The molecule has 1 saturated heterocycles. The van der Waals surface area contributed by atoms with Crippen LogP contribution in [-0.4, -0.2) is 50.9 Å². The SMILES string of the molecule is COc1ccc(C(OC[C@H]2C[C@@H](O[Si](C)(C)C(C)(C)C)[C@H](n3cc(C=Cc4ccccc4)c(=O)[nH]c3=O)O2)(c2ccccc2)c2ccc(OC)cc2)cc1. The van der Waals surface area contributed by atoms with E-state index in [1.165, 1.54) is 4.57 Å². The number of H-pyrrole nitrogens is 1. The molecule has 3 atom stereocenters. The Kier molecular flexibility index (Phi) is 11.6. The normalized spacial score (nSPS) is 17.9. The van der Waals surface area contributed by atoms with E-state index in [4.69, 9.17) is 23.4 Å². The third-order valence-corrected chi connectivity index (χ3v) is 15.1. The monoisotopic (exact) mass is 746 g/mol. The van der Waals surface area contributed by atoms with Crippen LogP contribution in [0.1, 0.15) is 61.2 Å². The number of aromatic amines is 1. The fourth-order valence-corrected chi connectivity index (χ4v) is 7.90. The van der Waals surface area contributed by atoms with E-state index in [0.29, 0.717) is 12.0 Å². The van der Waals surface area contributed by atoms with Gasteiger partial charge in [-0.15, -0.1) is 0 Å². The minimum Gasteiger partial charge on any atom is -0.497 e. The molecule has 0 amide bonds. The van der Waals surface area contributed by atoms with Crippen molar-refractivity contribution in [3.8, 4) is 11.5 Å². The Hall–Kier alpha value is -5.00. The van der Waals surface area contributed by atoms with Crippen LogP contribution in [0.15, 0.2) is 125 Å². The van der Waals surface area contributed by atoms with E-state index in [-0.39, 0.29) is 11.6 Å². The number of nitrogens with one attached hydrogen (secondary N) is 1. The Morgan fingerprint density at radius 1 is 0.778 bits per heavy atom. The number of rotatable bonds is 13. The van der Waals surface area contributed by atoms with Crippen molar-refractivity contribution in [3.63, 3.8) is 0 Å². The molecule has 1 aromatic heterocycles. The summed E-state index contributed by atoms with van der Waals surface area (Å²) < 4.78 is 33.5. The number of methoxy groups -OCH3 is 2. The summed E-state index contributed by atoms with van der Waals surface area (Å²) in [6.07, 6.45) is 3.83. The lowest BCUT2D eigenvalue weighted by molar-refractivity contribution is -0.0864. The van der Waals surface area contributed by atoms with Crippen LogP contribution in [0.25, 0.3) is 12.2 Å². The zero-order valence-electron chi connectivity index (χ0n) is 32.1. The quantitative estimate of drug-likeness (QED) is 0.0954. The van der Waals surface area contributed by atoms with E-state index in [2.05, 4.69) is 51.0 Å². The Labute approximate surface area is 318 Å². The van der Waals surface area contributed by atoms with Crippen molar-refractivity contribution in [1.29, 1.82) is 0 Å². The predicted molar refractivity (Wildman–Crippen MR) is 216 cm³/mol. The molecule has 1 aliphatic rings. The Morgan fingerprint density at radius 2 is 1.31 bits per heavy atom. The first-order valence-corrected chi connectivity index (χ1v) is 21.2. The molecule has 0 unspecified atom stereocenters. The Bertz CT molecular complexity index is 2090. The maximum atomic E-state index is 13.6. The van der Waals surface area contributed by atoms with Crippen molar-refractivity contribution in [2.75, 3.05) is 20.8 Å². The van der Waals surface area contributed by atoms with Crippen molar-refractivity contribution in [2.45, 2.75) is 69.4 Å². The number of ether oxygens (including phenoxy) is 4. The molecule has 6 rings (SSSR count). The molecule has 0 bridgehead atoms. The summed E-state index contributed by atoms with van der Waals surface area (Å²) in [4.78, 5) is 29.1. The molecule has 0 aliphatic carbocycles. The highest BCUT2D eigenvalue weighted by atomic mass is 28.4. The zero-order chi connectivity index (χ0) is 38.5. The average molecular weight is 747 g/mol. The molecule has 1 aliphatic heterocycles. The molecule has 4 aromatic carbocycles. The van der Waals surface area contributed by atoms with Gasteiger partial charge in [0, 0.05) is 12.6 Å². The molecule has 2 heterocycles. The first-order chi connectivity index (χ1) is 25.8. The van der Waals surface area contributed by atoms with Crippen LogP contribution >= 0.6 is 0 Å². The molecule has 10 heteroatoms. The van der Waals surface area contributed by atoms with Gasteiger partial charge in [-0.1, -0.05) is 112 Å². The summed E-state index contributed by atoms with van der Waals surface area (Å²) >= 11 is 0. The van der Waals surface area contributed by atoms with Gasteiger partial charge in [0.1, 0.15) is 17.1 Å². The van der Waals surface area contributed by atoms with Crippen molar-refractivity contribution in [3.05, 3.63) is 164 Å². The summed E-state index contributed by atoms with van der Waals surface area (Å²) in [6.45, 7) is 11.1. The van der Waals surface area contributed by atoms with Gasteiger partial charge in [0.2, 0.25) is 0 Å². The van der Waals surface area contributed by atoms with Crippen LogP contribution in [0.3, 0.4) is 0 Å². The minimum atomic E-state index is -2.36. The standard InChI is InChI=1S/C44H50N2O7Si/c1-43(2,3)54(6,7)53-39-28-38(52-41(39)46-29-32(40(47)45-42(46)48)19-18-31-14-10-8-11-15-31)30-51-44(33-16-12-9-13-17-33,34-20-24-36(49-4)25-21-34)35-22-26-37(50-5)27-23-35/h8-27,29,38-39,41H,28,30H2,1-7H3,(H,45,47,48)/t38-,39-,41-/m1/s1. The maximum absolute atomic E-state index is 13.6. The molecule has 54 heavy (non-hydrogen) atoms. The molecule has 1 N–H and O–H groups in total.